The fourth-order valence-electron chi connectivity index (χ4n) is 2.42. The van der Waals surface area contributed by atoms with Crippen LogP contribution in [0.25, 0.3) is 0 Å². The van der Waals surface area contributed by atoms with Gasteiger partial charge in [-0.2, -0.15) is 13.2 Å². The van der Waals surface area contributed by atoms with E-state index in [0.717, 1.165) is 0 Å². The van der Waals surface area contributed by atoms with Crippen molar-refractivity contribution in [1.82, 2.24) is 5.32 Å². The number of benzene rings is 1. The number of rotatable bonds is 4. The van der Waals surface area contributed by atoms with E-state index in [2.05, 4.69) is 5.32 Å². The first-order chi connectivity index (χ1) is 9.47. The third-order valence-electron chi connectivity index (χ3n) is 3.66. The first-order valence-electron chi connectivity index (χ1n) is 6.55. The van der Waals surface area contributed by atoms with Crippen molar-refractivity contribution in [2.24, 2.45) is 0 Å². The zero-order chi connectivity index (χ0) is 14.6. The number of alkyl halides is 3. The van der Waals surface area contributed by atoms with Crippen LogP contribution in [-0.4, -0.2) is 36.6 Å². The van der Waals surface area contributed by atoms with Crippen LogP contribution < -0.4 is 5.32 Å². The van der Waals surface area contributed by atoms with E-state index in [4.69, 9.17) is 4.74 Å². The molecule has 2 N–H and O–H groups in total. The number of aliphatic hydroxyl groups is 1. The predicted molar refractivity (Wildman–Crippen MR) is 68.2 cm³/mol. The lowest BCUT2D eigenvalue weighted by Gasteiger charge is -2.40. The number of hydrogen-bond donors (Lipinski definition) is 2. The van der Waals surface area contributed by atoms with Crippen molar-refractivity contribution in [3.05, 3.63) is 35.9 Å². The van der Waals surface area contributed by atoms with E-state index in [1.807, 2.05) is 0 Å². The lowest BCUT2D eigenvalue weighted by atomic mass is 9.89. The van der Waals surface area contributed by atoms with Crippen LogP contribution in [0.15, 0.2) is 30.3 Å². The second kappa shape index (κ2) is 6.11. The molecular formula is C14H18F3NO2. The van der Waals surface area contributed by atoms with Gasteiger partial charge in [0.2, 0.25) is 0 Å². The molecule has 1 aromatic carbocycles. The van der Waals surface area contributed by atoms with Crippen LogP contribution >= 0.6 is 0 Å². The molecule has 1 atom stereocenters. The zero-order valence-electron chi connectivity index (χ0n) is 11.0. The SMILES string of the molecule is OCC1(NC(c2ccccc2)C(F)(F)F)CCOCC1. The van der Waals surface area contributed by atoms with Gasteiger partial charge in [-0.05, 0) is 18.4 Å². The molecule has 1 aliphatic rings. The van der Waals surface area contributed by atoms with Crippen molar-refractivity contribution >= 4 is 0 Å². The second-order valence-electron chi connectivity index (χ2n) is 5.08. The van der Waals surface area contributed by atoms with Gasteiger partial charge in [0.05, 0.1) is 6.61 Å². The van der Waals surface area contributed by atoms with Crippen LogP contribution in [-0.2, 0) is 4.74 Å². The number of ether oxygens (including phenoxy) is 1. The molecule has 0 saturated carbocycles. The standard InChI is InChI=1S/C14H18F3NO2/c15-14(16,17)12(11-4-2-1-3-5-11)18-13(10-19)6-8-20-9-7-13/h1-5,12,18-19H,6-10H2. The topological polar surface area (TPSA) is 41.5 Å². The summed E-state index contributed by atoms with van der Waals surface area (Å²) >= 11 is 0. The van der Waals surface area contributed by atoms with E-state index in [1.165, 1.54) is 12.1 Å². The van der Waals surface area contributed by atoms with Crippen LogP contribution in [0.3, 0.4) is 0 Å². The maximum absolute atomic E-state index is 13.3. The van der Waals surface area contributed by atoms with Gasteiger partial charge in [0, 0.05) is 18.8 Å². The Morgan fingerprint density at radius 3 is 2.30 bits per heavy atom. The van der Waals surface area contributed by atoms with Gasteiger partial charge in [0.25, 0.3) is 0 Å². The molecule has 0 spiro atoms. The van der Waals surface area contributed by atoms with Gasteiger partial charge < -0.3 is 9.84 Å². The molecule has 20 heavy (non-hydrogen) atoms. The molecule has 1 unspecified atom stereocenters. The summed E-state index contributed by atoms with van der Waals surface area (Å²) in [4.78, 5) is 0. The summed E-state index contributed by atoms with van der Waals surface area (Å²) in [5.41, 5.74) is -0.784. The van der Waals surface area contributed by atoms with Crippen molar-refractivity contribution in [1.29, 1.82) is 0 Å². The quantitative estimate of drug-likeness (QED) is 0.894. The summed E-state index contributed by atoms with van der Waals surface area (Å²) < 4.78 is 45.0. The van der Waals surface area contributed by atoms with E-state index in [-0.39, 0.29) is 12.2 Å². The summed E-state index contributed by atoms with van der Waals surface area (Å²) in [7, 11) is 0. The molecule has 1 heterocycles. The highest BCUT2D eigenvalue weighted by Gasteiger charge is 2.45. The molecule has 1 aliphatic heterocycles. The third kappa shape index (κ3) is 3.50. The molecule has 112 valence electrons. The monoisotopic (exact) mass is 289 g/mol. The van der Waals surface area contributed by atoms with E-state index >= 15 is 0 Å². The van der Waals surface area contributed by atoms with Crippen molar-refractivity contribution < 1.29 is 23.0 Å². The number of hydrogen-bond acceptors (Lipinski definition) is 3. The van der Waals surface area contributed by atoms with Crippen LogP contribution in [0.5, 0.6) is 0 Å². The Hall–Kier alpha value is -1.11. The molecule has 0 aromatic heterocycles. The lowest BCUT2D eigenvalue weighted by Crippen LogP contribution is -2.56. The molecule has 1 fully saturated rings. The Morgan fingerprint density at radius 1 is 1.20 bits per heavy atom. The minimum absolute atomic E-state index is 0.152. The molecule has 6 heteroatoms. The van der Waals surface area contributed by atoms with Crippen LogP contribution in [0.2, 0.25) is 0 Å². The maximum Gasteiger partial charge on any atom is 0.407 e. The first kappa shape index (κ1) is 15.3. The predicted octanol–water partition coefficient (Wildman–Crippen LogP) is 2.42. The minimum atomic E-state index is -4.41. The average Bonchev–Trinajstić information content (AvgIpc) is 2.45. The Kier molecular flexibility index (Phi) is 4.67. The Balaban J connectivity index is 2.24. The Bertz CT molecular complexity index is 416. The maximum atomic E-state index is 13.3. The molecular weight excluding hydrogens is 271 g/mol. The van der Waals surface area contributed by atoms with Gasteiger partial charge in [-0.1, -0.05) is 30.3 Å². The van der Waals surface area contributed by atoms with Crippen LogP contribution in [0.4, 0.5) is 13.2 Å². The molecule has 3 nitrogen and oxygen atoms in total. The molecule has 1 saturated heterocycles. The van der Waals surface area contributed by atoms with Crippen LogP contribution in [0, 0.1) is 0 Å². The van der Waals surface area contributed by atoms with E-state index < -0.39 is 17.8 Å². The summed E-state index contributed by atoms with van der Waals surface area (Å²) in [6, 6.07) is 5.92. The summed E-state index contributed by atoms with van der Waals surface area (Å²) in [5, 5.41) is 12.1. The normalized spacial score (nSPS) is 20.6. The zero-order valence-corrected chi connectivity index (χ0v) is 11.0. The smallest absolute Gasteiger partial charge is 0.394 e. The minimum Gasteiger partial charge on any atom is -0.394 e. The van der Waals surface area contributed by atoms with Gasteiger partial charge >= 0.3 is 6.18 Å². The van der Waals surface area contributed by atoms with Gasteiger partial charge in [0.15, 0.2) is 0 Å². The molecule has 1 aromatic rings. The highest BCUT2D eigenvalue weighted by atomic mass is 19.4. The third-order valence-corrected chi connectivity index (χ3v) is 3.66. The highest BCUT2D eigenvalue weighted by molar-refractivity contribution is 5.21. The van der Waals surface area contributed by atoms with Crippen molar-refractivity contribution in [2.75, 3.05) is 19.8 Å². The van der Waals surface area contributed by atoms with Crippen molar-refractivity contribution in [3.63, 3.8) is 0 Å². The summed E-state index contributed by atoms with van der Waals surface area (Å²) in [5.74, 6) is 0. The molecule has 0 bridgehead atoms. The fraction of sp³-hybridized carbons (Fsp3) is 0.571. The first-order valence-corrected chi connectivity index (χ1v) is 6.55. The molecule has 0 amide bonds. The fourth-order valence-corrected chi connectivity index (χ4v) is 2.42. The Labute approximate surface area is 115 Å². The number of halogens is 3. The van der Waals surface area contributed by atoms with Gasteiger partial charge in [-0.3, -0.25) is 5.32 Å². The van der Waals surface area contributed by atoms with Gasteiger partial charge in [0.1, 0.15) is 6.04 Å². The average molecular weight is 289 g/mol. The number of nitrogens with one attached hydrogen (secondary N) is 1. The van der Waals surface area contributed by atoms with Crippen molar-refractivity contribution in [2.45, 2.75) is 30.6 Å². The van der Waals surface area contributed by atoms with E-state index in [1.54, 1.807) is 18.2 Å². The highest BCUT2D eigenvalue weighted by Crippen LogP contribution is 2.36. The largest absolute Gasteiger partial charge is 0.407 e. The summed E-state index contributed by atoms with van der Waals surface area (Å²) in [6.07, 6.45) is -3.69. The van der Waals surface area contributed by atoms with Crippen LogP contribution in [0.1, 0.15) is 24.4 Å². The number of aliphatic hydroxyl groups excluding tert-OH is 1. The van der Waals surface area contributed by atoms with Crippen molar-refractivity contribution in [3.8, 4) is 0 Å². The summed E-state index contributed by atoms with van der Waals surface area (Å²) in [6.45, 7) is 0.371. The molecule has 2 rings (SSSR count). The molecule has 0 radical (unpaired) electrons. The van der Waals surface area contributed by atoms with Gasteiger partial charge in [-0.15, -0.1) is 0 Å². The molecule has 0 aliphatic carbocycles. The Morgan fingerprint density at radius 2 is 1.80 bits per heavy atom. The van der Waals surface area contributed by atoms with Gasteiger partial charge in [-0.25, -0.2) is 0 Å². The van der Waals surface area contributed by atoms with E-state index in [0.29, 0.717) is 26.1 Å². The lowest BCUT2D eigenvalue weighted by molar-refractivity contribution is -0.167. The van der Waals surface area contributed by atoms with E-state index in [9.17, 15) is 18.3 Å². The second-order valence-corrected chi connectivity index (χ2v) is 5.08.